The Balaban J connectivity index is 2.65. The molecule has 1 unspecified atom stereocenters. The van der Waals surface area contributed by atoms with E-state index in [0.717, 1.165) is 12.8 Å². The maximum absolute atomic E-state index is 10.6. The molecule has 6 nitrogen and oxygen atoms in total. The topological polar surface area (TPSA) is 101 Å². The van der Waals surface area contributed by atoms with E-state index in [1.54, 1.807) is 6.07 Å². The van der Waals surface area contributed by atoms with E-state index in [1.807, 2.05) is 0 Å². The van der Waals surface area contributed by atoms with Crippen LogP contribution in [0.5, 0.6) is 0 Å². The summed E-state index contributed by atoms with van der Waals surface area (Å²) in [5.41, 5.74) is 6.79. The van der Waals surface area contributed by atoms with Crippen LogP contribution >= 0.6 is 0 Å². The van der Waals surface area contributed by atoms with Crippen LogP contribution in [0, 0.1) is 16.0 Å². The predicted octanol–water partition coefficient (Wildman–Crippen LogP) is 2.00. The molecule has 0 aliphatic rings. The Kier molecular flexibility index (Phi) is 5.38. The molecule has 4 N–H and O–H groups in total. The molecule has 0 amide bonds. The molecule has 0 aromatic heterocycles. The van der Waals surface area contributed by atoms with Gasteiger partial charge in [0.2, 0.25) is 0 Å². The molecule has 0 aliphatic carbocycles. The number of nitro benzene ring substituents is 1. The van der Waals surface area contributed by atoms with Crippen LogP contribution in [0.2, 0.25) is 0 Å². The van der Waals surface area contributed by atoms with Gasteiger partial charge in [-0.25, -0.2) is 0 Å². The highest BCUT2D eigenvalue weighted by Gasteiger charge is 2.10. The van der Waals surface area contributed by atoms with Crippen molar-refractivity contribution in [1.29, 1.82) is 0 Å². The molecule has 0 fully saturated rings. The monoisotopic (exact) mass is 253 g/mol. The largest absolute Gasteiger partial charge is 0.397 e. The van der Waals surface area contributed by atoms with Crippen molar-refractivity contribution in [2.75, 3.05) is 24.2 Å². The molecular formula is C12H19N3O3. The molecule has 0 bridgehead atoms. The molecular weight excluding hydrogens is 234 g/mol. The number of rotatable bonds is 7. The number of aliphatic hydroxyl groups is 1. The van der Waals surface area contributed by atoms with Crippen molar-refractivity contribution < 1.29 is 10.0 Å². The number of benzene rings is 1. The van der Waals surface area contributed by atoms with Gasteiger partial charge in [-0.3, -0.25) is 10.1 Å². The fourth-order valence-electron chi connectivity index (χ4n) is 1.71. The average molecular weight is 253 g/mol. The molecule has 0 radical (unpaired) electrons. The lowest BCUT2D eigenvalue weighted by atomic mass is 10.0. The normalized spacial score (nSPS) is 12.1. The van der Waals surface area contributed by atoms with Crippen molar-refractivity contribution in [3.8, 4) is 0 Å². The number of hydrogen-bond acceptors (Lipinski definition) is 5. The van der Waals surface area contributed by atoms with Crippen LogP contribution in [0.4, 0.5) is 17.1 Å². The lowest BCUT2D eigenvalue weighted by Crippen LogP contribution is -2.15. The minimum absolute atomic E-state index is 0.0135. The minimum atomic E-state index is -0.471. The second kappa shape index (κ2) is 6.80. The van der Waals surface area contributed by atoms with Crippen molar-refractivity contribution >= 4 is 17.1 Å². The van der Waals surface area contributed by atoms with E-state index in [-0.39, 0.29) is 12.3 Å². The number of nitrogens with zero attached hydrogens (tertiary/aromatic N) is 1. The van der Waals surface area contributed by atoms with Crippen LogP contribution < -0.4 is 11.1 Å². The summed E-state index contributed by atoms with van der Waals surface area (Å²) >= 11 is 0. The summed E-state index contributed by atoms with van der Waals surface area (Å²) in [7, 11) is 0. The Morgan fingerprint density at radius 3 is 2.78 bits per heavy atom. The smallest absolute Gasteiger partial charge is 0.271 e. The van der Waals surface area contributed by atoms with Crippen LogP contribution in [-0.2, 0) is 0 Å². The summed E-state index contributed by atoms with van der Waals surface area (Å²) in [6.45, 7) is 2.91. The molecule has 0 aliphatic heterocycles. The van der Waals surface area contributed by atoms with E-state index >= 15 is 0 Å². The number of hydrogen-bond donors (Lipinski definition) is 3. The zero-order valence-electron chi connectivity index (χ0n) is 10.4. The number of non-ortho nitro benzene ring substituents is 1. The van der Waals surface area contributed by atoms with E-state index in [1.165, 1.54) is 12.1 Å². The Morgan fingerprint density at radius 1 is 1.56 bits per heavy atom. The number of nitro groups is 1. The molecule has 0 saturated carbocycles. The van der Waals surface area contributed by atoms with Crippen molar-refractivity contribution in [1.82, 2.24) is 0 Å². The van der Waals surface area contributed by atoms with Crippen LogP contribution in [0.15, 0.2) is 18.2 Å². The Bertz CT molecular complexity index is 410. The maximum Gasteiger partial charge on any atom is 0.271 e. The van der Waals surface area contributed by atoms with Gasteiger partial charge >= 0.3 is 0 Å². The lowest BCUT2D eigenvalue weighted by molar-refractivity contribution is -0.384. The Morgan fingerprint density at radius 2 is 2.28 bits per heavy atom. The molecule has 1 aromatic carbocycles. The molecule has 0 heterocycles. The van der Waals surface area contributed by atoms with Gasteiger partial charge in [0.1, 0.15) is 0 Å². The first-order valence-corrected chi connectivity index (χ1v) is 5.97. The first-order valence-electron chi connectivity index (χ1n) is 5.97. The maximum atomic E-state index is 10.6. The SMILES string of the molecule is CCC(CCO)CNc1ccc([N+](=O)[O-])cc1N. The van der Waals surface area contributed by atoms with E-state index in [9.17, 15) is 10.1 Å². The van der Waals surface area contributed by atoms with Gasteiger partial charge in [-0.2, -0.15) is 0 Å². The minimum Gasteiger partial charge on any atom is -0.397 e. The second-order valence-corrected chi connectivity index (χ2v) is 4.20. The number of nitrogens with two attached hydrogens (primary N) is 1. The second-order valence-electron chi connectivity index (χ2n) is 4.20. The first kappa shape index (κ1) is 14.2. The molecule has 1 aromatic rings. The molecule has 18 heavy (non-hydrogen) atoms. The summed E-state index contributed by atoms with van der Waals surface area (Å²) in [5, 5.41) is 22.6. The lowest BCUT2D eigenvalue weighted by Gasteiger charge is -2.16. The number of aliphatic hydroxyl groups excluding tert-OH is 1. The third kappa shape index (κ3) is 3.89. The first-order chi connectivity index (χ1) is 8.58. The third-order valence-electron chi connectivity index (χ3n) is 2.94. The molecule has 100 valence electrons. The Hall–Kier alpha value is -1.82. The number of nitrogen functional groups attached to an aromatic ring is 1. The fourth-order valence-corrected chi connectivity index (χ4v) is 1.71. The van der Waals surface area contributed by atoms with Crippen LogP contribution in [0.1, 0.15) is 19.8 Å². The molecule has 0 saturated heterocycles. The predicted molar refractivity (Wildman–Crippen MR) is 71.5 cm³/mol. The summed E-state index contributed by atoms with van der Waals surface area (Å²) in [6.07, 6.45) is 1.69. The Labute approximate surface area is 106 Å². The van der Waals surface area contributed by atoms with E-state index in [4.69, 9.17) is 10.8 Å². The van der Waals surface area contributed by atoms with E-state index in [0.29, 0.717) is 23.8 Å². The van der Waals surface area contributed by atoms with Crippen LogP contribution in [0.3, 0.4) is 0 Å². The zero-order valence-corrected chi connectivity index (χ0v) is 10.4. The third-order valence-corrected chi connectivity index (χ3v) is 2.94. The van der Waals surface area contributed by atoms with Gasteiger partial charge in [-0.05, 0) is 18.4 Å². The fraction of sp³-hybridized carbons (Fsp3) is 0.500. The van der Waals surface area contributed by atoms with Gasteiger partial charge in [-0.15, -0.1) is 0 Å². The van der Waals surface area contributed by atoms with Crippen molar-refractivity contribution in [2.24, 2.45) is 5.92 Å². The summed E-state index contributed by atoms with van der Waals surface area (Å²) in [5.74, 6) is 0.365. The van der Waals surface area contributed by atoms with E-state index in [2.05, 4.69) is 12.2 Å². The van der Waals surface area contributed by atoms with Gasteiger partial charge in [0.15, 0.2) is 0 Å². The number of anilines is 2. The van der Waals surface area contributed by atoms with Gasteiger partial charge in [-0.1, -0.05) is 13.3 Å². The summed E-state index contributed by atoms with van der Waals surface area (Å²) < 4.78 is 0. The quantitative estimate of drug-likeness (QED) is 0.392. The van der Waals surface area contributed by atoms with E-state index < -0.39 is 4.92 Å². The van der Waals surface area contributed by atoms with Crippen molar-refractivity contribution in [3.05, 3.63) is 28.3 Å². The summed E-state index contributed by atoms with van der Waals surface area (Å²) in [6, 6.07) is 4.38. The molecule has 1 rings (SSSR count). The molecule has 6 heteroatoms. The van der Waals surface area contributed by atoms with Crippen LogP contribution in [0.25, 0.3) is 0 Å². The van der Waals surface area contributed by atoms with Crippen molar-refractivity contribution in [3.63, 3.8) is 0 Å². The van der Waals surface area contributed by atoms with Gasteiger partial charge in [0.05, 0.1) is 16.3 Å². The molecule has 1 atom stereocenters. The van der Waals surface area contributed by atoms with Crippen LogP contribution in [-0.4, -0.2) is 23.2 Å². The standard InChI is InChI=1S/C12H19N3O3/c1-2-9(5-6-16)8-14-12-4-3-10(15(17)18)7-11(12)13/h3-4,7,9,14,16H,2,5-6,8,13H2,1H3. The number of nitrogens with one attached hydrogen (secondary N) is 1. The van der Waals surface area contributed by atoms with Gasteiger partial charge in [0, 0.05) is 25.3 Å². The average Bonchev–Trinajstić information content (AvgIpc) is 2.35. The molecule has 0 spiro atoms. The van der Waals surface area contributed by atoms with Crippen molar-refractivity contribution in [2.45, 2.75) is 19.8 Å². The highest BCUT2D eigenvalue weighted by molar-refractivity contribution is 5.69. The van der Waals surface area contributed by atoms with Gasteiger partial charge < -0.3 is 16.2 Å². The summed E-state index contributed by atoms with van der Waals surface area (Å²) in [4.78, 5) is 10.1. The highest BCUT2D eigenvalue weighted by Crippen LogP contribution is 2.24. The highest BCUT2D eigenvalue weighted by atomic mass is 16.6. The van der Waals surface area contributed by atoms with Gasteiger partial charge in [0.25, 0.3) is 5.69 Å². The zero-order chi connectivity index (χ0) is 13.5.